The number of piperidine rings is 1. The highest BCUT2D eigenvalue weighted by atomic mass is 16.1. The number of pyridine rings is 1. The molecule has 3 rings (SSSR count). The van der Waals surface area contributed by atoms with Crippen LogP contribution in [0.3, 0.4) is 0 Å². The van der Waals surface area contributed by atoms with E-state index in [9.17, 15) is 4.79 Å². The van der Waals surface area contributed by atoms with E-state index in [4.69, 9.17) is 0 Å². The molecule has 0 unspecified atom stereocenters. The molecule has 0 bridgehead atoms. The number of H-pyrrole nitrogens is 1. The molecule has 3 heterocycles. The second-order valence-electron chi connectivity index (χ2n) is 5.36. The van der Waals surface area contributed by atoms with Crippen molar-refractivity contribution < 1.29 is 4.79 Å². The molecular formula is C15H19N5O. The third-order valence-corrected chi connectivity index (χ3v) is 3.74. The van der Waals surface area contributed by atoms with Gasteiger partial charge in [0, 0.05) is 37.1 Å². The summed E-state index contributed by atoms with van der Waals surface area (Å²) in [4.78, 5) is 18.4. The smallest absolute Gasteiger partial charge is 0.270 e. The molecule has 6 nitrogen and oxygen atoms in total. The van der Waals surface area contributed by atoms with Crippen LogP contribution in [0.2, 0.25) is 0 Å². The summed E-state index contributed by atoms with van der Waals surface area (Å²) in [5, 5.41) is 10.3. The molecule has 0 saturated carbocycles. The normalized spacial score (nSPS) is 16.0. The maximum atomic E-state index is 12.1. The van der Waals surface area contributed by atoms with Gasteiger partial charge in [-0.25, -0.2) is 0 Å². The third-order valence-electron chi connectivity index (χ3n) is 3.74. The first-order valence-electron chi connectivity index (χ1n) is 7.21. The molecule has 0 spiro atoms. The first-order chi connectivity index (χ1) is 10.2. The maximum absolute atomic E-state index is 12.1. The topological polar surface area (TPSA) is 73.9 Å². The molecule has 6 heteroatoms. The highest BCUT2D eigenvalue weighted by molar-refractivity contribution is 5.92. The standard InChI is InChI=1S/C15H19N5O/c1-11-10-14(19-18-11)20-8-5-12(6-9-20)17-15(21)13-4-2-3-7-16-13/h2-4,7,10,12H,5-6,8-9H2,1H3,(H,17,21)(H,18,19). The number of nitrogens with one attached hydrogen (secondary N) is 2. The highest BCUT2D eigenvalue weighted by Crippen LogP contribution is 2.18. The van der Waals surface area contributed by atoms with Gasteiger partial charge in [-0.2, -0.15) is 5.10 Å². The van der Waals surface area contributed by atoms with Crippen molar-refractivity contribution in [3.05, 3.63) is 41.9 Å². The number of rotatable bonds is 3. The average molecular weight is 285 g/mol. The van der Waals surface area contributed by atoms with E-state index >= 15 is 0 Å². The molecular weight excluding hydrogens is 266 g/mol. The van der Waals surface area contributed by atoms with E-state index in [1.54, 1.807) is 18.3 Å². The Kier molecular flexibility index (Phi) is 3.85. The lowest BCUT2D eigenvalue weighted by molar-refractivity contribution is 0.0926. The van der Waals surface area contributed by atoms with E-state index in [1.807, 2.05) is 19.1 Å². The van der Waals surface area contributed by atoms with E-state index in [-0.39, 0.29) is 11.9 Å². The molecule has 2 aromatic heterocycles. The minimum atomic E-state index is -0.0929. The summed E-state index contributed by atoms with van der Waals surface area (Å²) in [5.41, 5.74) is 1.54. The van der Waals surface area contributed by atoms with Gasteiger partial charge in [-0.3, -0.25) is 14.9 Å². The van der Waals surface area contributed by atoms with Crippen molar-refractivity contribution >= 4 is 11.7 Å². The average Bonchev–Trinajstić information content (AvgIpc) is 2.95. The van der Waals surface area contributed by atoms with Gasteiger partial charge in [0.25, 0.3) is 5.91 Å². The van der Waals surface area contributed by atoms with Gasteiger partial charge in [-0.15, -0.1) is 0 Å². The van der Waals surface area contributed by atoms with Gasteiger partial charge in [0.15, 0.2) is 5.82 Å². The van der Waals surface area contributed by atoms with Crippen LogP contribution in [0.25, 0.3) is 0 Å². The van der Waals surface area contributed by atoms with Gasteiger partial charge >= 0.3 is 0 Å². The van der Waals surface area contributed by atoms with Crippen molar-refractivity contribution in [2.24, 2.45) is 0 Å². The van der Waals surface area contributed by atoms with E-state index in [0.717, 1.165) is 37.4 Å². The van der Waals surface area contributed by atoms with E-state index in [1.165, 1.54) is 0 Å². The summed E-state index contributed by atoms with van der Waals surface area (Å²) < 4.78 is 0. The Morgan fingerprint density at radius 2 is 2.19 bits per heavy atom. The van der Waals surface area contributed by atoms with Crippen molar-refractivity contribution in [3.63, 3.8) is 0 Å². The van der Waals surface area contributed by atoms with Crippen LogP contribution < -0.4 is 10.2 Å². The van der Waals surface area contributed by atoms with Crippen LogP contribution in [-0.2, 0) is 0 Å². The van der Waals surface area contributed by atoms with Gasteiger partial charge < -0.3 is 10.2 Å². The van der Waals surface area contributed by atoms with Crippen molar-refractivity contribution in [2.45, 2.75) is 25.8 Å². The summed E-state index contributed by atoms with van der Waals surface area (Å²) in [6.07, 6.45) is 3.48. The number of aryl methyl sites for hydroxylation is 1. The van der Waals surface area contributed by atoms with Crippen molar-refractivity contribution in [3.8, 4) is 0 Å². The zero-order chi connectivity index (χ0) is 14.7. The van der Waals surface area contributed by atoms with Gasteiger partial charge in [-0.05, 0) is 31.9 Å². The van der Waals surface area contributed by atoms with Crippen LogP contribution in [0.5, 0.6) is 0 Å². The van der Waals surface area contributed by atoms with Gasteiger partial charge in [0.05, 0.1) is 0 Å². The SMILES string of the molecule is Cc1cc(N2CCC(NC(=O)c3ccccn3)CC2)n[nH]1. The van der Waals surface area contributed by atoms with Gasteiger partial charge in [-0.1, -0.05) is 6.07 Å². The fraction of sp³-hybridized carbons (Fsp3) is 0.400. The van der Waals surface area contributed by atoms with Gasteiger partial charge in [0.2, 0.25) is 0 Å². The molecule has 2 aromatic rings. The molecule has 1 saturated heterocycles. The number of carbonyl (C=O) groups is 1. The molecule has 110 valence electrons. The van der Waals surface area contributed by atoms with Crippen LogP contribution in [0.1, 0.15) is 29.0 Å². The fourth-order valence-electron chi connectivity index (χ4n) is 2.57. The predicted molar refractivity (Wildman–Crippen MR) is 80.3 cm³/mol. The predicted octanol–water partition coefficient (Wildman–Crippen LogP) is 1.51. The Hall–Kier alpha value is -2.37. The number of anilines is 1. The summed E-state index contributed by atoms with van der Waals surface area (Å²) in [7, 11) is 0. The number of aromatic nitrogens is 3. The lowest BCUT2D eigenvalue weighted by Crippen LogP contribution is -2.45. The summed E-state index contributed by atoms with van der Waals surface area (Å²) >= 11 is 0. The Morgan fingerprint density at radius 3 is 2.81 bits per heavy atom. The number of aromatic amines is 1. The van der Waals surface area contributed by atoms with Crippen LogP contribution in [-0.4, -0.2) is 40.2 Å². The number of hydrogen-bond donors (Lipinski definition) is 2. The number of carbonyl (C=O) groups excluding carboxylic acids is 1. The molecule has 1 fully saturated rings. The Morgan fingerprint density at radius 1 is 1.38 bits per heavy atom. The lowest BCUT2D eigenvalue weighted by atomic mass is 10.0. The largest absolute Gasteiger partial charge is 0.355 e. The maximum Gasteiger partial charge on any atom is 0.270 e. The molecule has 0 atom stereocenters. The van der Waals surface area contributed by atoms with Crippen LogP contribution >= 0.6 is 0 Å². The zero-order valence-corrected chi connectivity index (χ0v) is 12.0. The quantitative estimate of drug-likeness (QED) is 0.896. The minimum Gasteiger partial charge on any atom is -0.355 e. The Balaban J connectivity index is 1.53. The van der Waals surface area contributed by atoms with Crippen LogP contribution in [0, 0.1) is 6.92 Å². The first-order valence-corrected chi connectivity index (χ1v) is 7.21. The highest BCUT2D eigenvalue weighted by Gasteiger charge is 2.22. The molecule has 2 N–H and O–H groups in total. The van der Waals surface area contributed by atoms with Crippen LogP contribution in [0.15, 0.2) is 30.5 Å². The van der Waals surface area contributed by atoms with E-state index in [0.29, 0.717) is 5.69 Å². The second kappa shape index (κ2) is 5.95. The Bertz CT molecular complexity index is 602. The minimum absolute atomic E-state index is 0.0929. The van der Waals surface area contributed by atoms with Crippen molar-refractivity contribution in [1.29, 1.82) is 0 Å². The molecule has 21 heavy (non-hydrogen) atoms. The molecule has 0 radical (unpaired) electrons. The molecule has 1 amide bonds. The molecule has 0 aliphatic carbocycles. The fourth-order valence-corrected chi connectivity index (χ4v) is 2.57. The summed E-state index contributed by atoms with van der Waals surface area (Å²) in [6.45, 7) is 3.80. The number of nitrogens with zero attached hydrogens (tertiary/aromatic N) is 3. The molecule has 1 aliphatic heterocycles. The first kappa shape index (κ1) is 13.6. The third kappa shape index (κ3) is 3.21. The van der Waals surface area contributed by atoms with E-state index in [2.05, 4.69) is 25.4 Å². The van der Waals surface area contributed by atoms with Crippen molar-refractivity contribution in [1.82, 2.24) is 20.5 Å². The number of hydrogen-bond acceptors (Lipinski definition) is 4. The number of amides is 1. The zero-order valence-electron chi connectivity index (χ0n) is 12.0. The lowest BCUT2D eigenvalue weighted by Gasteiger charge is -2.32. The van der Waals surface area contributed by atoms with Crippen molar-refractivity contribution in [2.75, 3.05) is 18.0 Å². The van der Waals surface area contributed by atoms with E-state index < -0.39 is 0 Å². The molecule has 1 aliphatic rings. The second-order valence-corrected chi connectivity index (χ2v) is 5.36. The van der Waals surface area contributed by atoms with Gasteiger partial charge in [0.1, 0.15) is 5.69 Å². The molecule has 0 aromatic carbocycles. The summed E-state index contributed by atoms with van der Waals surface area (Å²) in [5.74, 6) is 0.895. The van der Waals surface area contributed by atoms with Crippen LogP contribution in [0.4, 0.5) is 5.82 Å². The Labute approximate surface area is 123 Å². The monoisotopic (exact) mass is 285 g/mol. The summed E-state index contributed by atoms with van der Waals surface area (Å²) in [6, 6.07) is 7.62.